The van der Waals surface area contributed by atoms with E-state index < -0.39 is 17.2 Å². The van der Waals surface area contributed by atoms with Crippen molar-refractivity contribution >= 4 is 28.5 Å². The number of benzene rings is 1. The highest BCUT2D eigenvalue weighted by molar-refractivity contribution is 6.35. The summed E-state index contributed by atoms with van der Waals surface area (Å²) in [6.45, 7) is 0. The first-order chi connectivity index (χ1) is 7.09. The lowest BCUT2D eigenvalue weighted by atomic mass is 10.2. The molecule has 0 saturated heterocycles. The maximum Gasteiger partial charge on any atom is 0.371 e. The fourth-order valence-electron chi connectivity index (χ4n) is 1.27. The number of carboxylic acid groups (broad SMARTS) is 1. The average Bonchev–Trinajstić information content (AvgIpc) is 2.17. The maximum absolute atomic E-state index is 11.5. The van der Waals surface area contributed by atoms with Gasteiger partial charge in [-0.2, -0.15) is 0 Å². The van der Waals surface area contributed by atoms with Gasteiger partial charge in [0.2, 0.25) is 5.76 Å². The highest BCUT2D eigenvalue weighted by Gasteiger charge is 2.11. The van der Waals surface area contributed by atoms with Crippen LogP contribution in [0.3, 0.4) is 0 Å². The Labute approximate surface area is 88.7 Å². The number of fused-ring (bicyclic) bond motifs is 1. The van der Waals surface area contributed by atoms with Crippen molar-refractivity contribution in [2.75, 3.05) is 0 Å². The molecule has 2 rings (SSSR count). The molecule has 1 N–H and O–H groups in total. The number of aromatic carboxylic acids is 1. The van der Waals surface area contributed by atoms with Crippen LogP contribution in [0, 0.1) is 0 Å². The molecule has 0 aliphatic heterocycles. The third-order valence-electron chi connectivity index (χ3n) is 1.91. The SMILES string of the molecule is O=C(O)c1cc(=O)c2c(Cl)cccc2o1. The van der Waals surface area contributed by atoms with Gasteiger partial charge in [-0.3, -0.25) is 4.79 Å². The highest BCUT2D eigenvalue weighted by atomic mass is 35.5. The minimum absolute atomic E-state index is 0.174. The van der Waals surface area contributed by atoms with Crippen LogP contribution in [0.25, 0.3) is 11.0 Å². The van der Waals surface area contributed by atoms with Crippen LogP contribution < -0.4 is 5.43 Å². The third-order valence-corrected chi connectivity index (χ3v) is 2.23. The van der Waals surface area contributed by atoms with Crippen molar-refractivity contribution in [3.8, 4) is 0 Å². The molecule has 0 unspecified atom stereocenters. The van der Waals surface area contributed by atoms with Crippen molar-refractivity contribution in [3.05, 3.63) is 45.3 Å². The molecular weight excluding hydrogens is 220 g/mol. The van der Waals surface area contributed by atoms with Gasteiger partial charge in [0.25, 0.3) is 0 Å². The monoisotopic (exact) mass is 224 g/mol. The van der Waals surface area contributed by atoms with E-state index in [0.29, 0.717) is 0 Å². The van der Waals surface area contributed by atoms with E-state index in [1.807, 2.05) is 0 Å². The van der Waals surface area contributed by atoms with E-state index in [0.717, 1.165) is 6.07 Å². The summed E-state index contributed by atoms with van der Waals surface area (Å²) in [5.74, 6) is -1.68. The van der Waals surface area contributed by atoms with Crippen LogP contribution in [-0.4, -0.2) is 11.1 Å². The van der Waals surface area contributed by atoms with Gasteiger partial charge in [0, 0.05) is 6.07 Å². The number of halogens is 1. The zero-order valence-corrected chi connectivity index (χ0v) is 8.12. The van der Waals surface area contributed by atoms with E-state index >= 15 is 0 Å². The lowest BCUT2D eigenvalue weighted by Crippen LogP contribution is -2.06. The summed E-state index contributed by atoms with van der Waals surface area (Å²) in [5.41, 5.74) is -0.286. The summed E-state index contributed by atoms with van der Waals surface area (Å²) in [6.07, 6.45) is 0. The first-order valence-corrected chi connectivity index (χ1v) is 4.43. The Balaban J connectivity index is 2.91. The molecule has 4 nitrogen and oxygen atoms in total. The second-order valence-electron chi connectivity index (χ2n) is 2.89. The normalized spacial score (nSPS) is 10.5. The molecule has 1 aromatic heterocycles. The van der Waals surface area contributed by atoms with Gasteiger partial charge in [-0.25, -0.2) is 4.79 Å². The molecule has 0 bridgehead atoms. The quantitative estimate of drug-likeness (QED) is 0.806. The van der Waals surface area contributed by atoms with Crippen LogP contribution in [0.2, 0.25) is 5.02 Å². The lowest BCUT2D eigenvalue weighted by Gasteiger charge is -1.99. The number of hydrogen-bond acceptors (Lipinski definition) is 3. The number of hydrogen-bond donors (Lipinski definition) is 1. The van der Waals surface area contributed by atoms with E-state index in [4.69, 9.17) is 21.1 Å². The van der Waals surface area contributed by atoms with Crippen LogP contribution in [-0.2, 0) is 0 Å². The molecule has 0 amide bonds. The van der Waals surface area contributed by atoms with Gasteiger partial charge in [-0.05, 0) is 12.1 Å². The largest absolute Gasteiger partial charge is 0.475 e. The Kier molecular flexibility index (Phi) is 2.21. The standard InChI is InChI=1S/C10H5ClO4/c11-5-2-1-3-7-9(5)6(12)4-8(15-7)10(13)14/h1-4H,(H,13,14). The summed E-state index contributed by atoms with van der Waals surface area (Å²) < 4.78 is 5.00. The summed E-state index contributed by atoms with van der Waals surface area (Å²) >= 11 is 5.79. The molecule has 0 aliphatic rings. The van der Waals surface area contributed by atoms with E-state index in [1.165, 1.54) is 6.07 Å². The smallest absolute Gasteiger partial charge is 0.371 e. The summed E-state index contributed by atoms with van der Waals surface area (Å²) in [7, 11) is 0. The van der Waals surface area contributed by atoms with Gasteiger partial charge in [0.15, 0.2) is 5.43 Å². The summed E-state index contributed by atoms with van der Waals surface area (Å²) in [4.78, 5) is 22.1. The van der Waals surface area contributed by atoms with Gasteiger partial charge >= 0.3 is 5.97 Å². The first-order valence-electron chi connectivity index (χ1n) is 4.05. The Bertz CT molecular complexity index is 600. The molecule has 2 aromatic rings. The number of carbonyl (C=O) groups is 1. The predicted molar refractivity (Wildman–Crippen MR) is 54.5 cm³/mol. The second kappa shape index (κ2) is 3.40. The molecular formula is C10H5ClO4. The minimum atomic E-state index is -1.28. The van der Waals surface area contributed by atoms with Gasteiger partial charge in [0.1, 0.15) is 5.58 Å². The van der Waals surface area contributed by atoms with Gasteiger partial charge in [-0.15, -0.1) is 0 Å². The van der Waals surface area contributed by atoms with Crippen molar-refractivity contribution in [3.63, 3.8) is 0 Å². The van der Waals surface area contributed by atoms with Crippen LogP contribution in [0.1, 0.15) is 10.6 Å². The molecule has 15 heavy (non-hydrogen) atoms. The van der Waals surface area contributed by atoms with Crippen molar-refractivity contribution in [1.82, 2.24) is 0 Å². The molecule has 1 aromatic carbocycles. The Hall–Kier alpha value is -1.81. The van der Waals surface area contributed by atoms with Gasteiger partial charge in [-0.1, -0.05) is 17.7 Å². The number of rotatable bonds is 1. The van der Waals surface area contributed by atoms with Crippen LogP contribution in [0.4, 0.5) is 0 Å². The Morgan fingerprint density at radius 2 is 2.13 bits per heavy atom. The van der Waals surface area contributed by atoms with Crippen LogP contribution in [0.15, 0.2) is 33.5 Å². The lowest BCUT2D eigenvalue weighted by molar-refractivity contribution is 0.0663. The van der Waals surface area contributed by atoms with Crippen molar-refractivity contribution < 1.29 is 14.3 Å². The molecule has 1 heterocycles. The van der Waals surface area contributed by atoms with Crippen molar-refractivity contribution in [2.45, 2.75) is 0 Å². The fraction of sp³-hybridized carbons (Fsp3) is 0. The predicted octanol–water partition coefficient (Wildman–Crippen LogP) is 2.14. The zero-order chi connectivity index (χ0) is 11.0. The van der Waals surface area contributed by atoms with Crippen molar-refractivity contribution in [2.24, 2.45) is 0 Å². The van der Waals surface area contributed by atoms with Crippen LogP contribution in [0.5, 0.6) is 0 Å². The highest BCUT2D eigenvalue weighted by Crippen LogP contribution is 2.20. The molecule has 76 valence electrons. The molecule has 0 saturated carbocycles. The summed E-state index contributed by atoms with van der Waals surface area (Å²) in [6, 6.07) is 5.53. The first kappa shape index (κ1) is 9.73. The molecule has 5 heteroatoms. The van der Waals surface area contributed by atoms with Crippen molar-refractivity contribution in [1.29, 1.82) is 0 Å². The Morgan fingerprint density at radius 1 is 1.40 bits per heavy atom. The summed E-state index contributed by atoms with van der Waals surface area (Å²) in [5, 5.41) is 9.12. The molecule has 0 radical (unpaired) electrons. The topological polar surface area (TPSA) is 67.5 Å². The third kappa shape index (κ3) is 1.59. The maximum atomic E-state index is 11.5. The van der Waals surface area contributed by atoms with Gasteiger partial charge in [0.05, 0.1) is 10.4 Å². The molecule has 0 spiro atoms. The Morgan fingerprint density at radius 3 is 2.80 bits per heavy atom. The zero-order valence-electron chi connectivity index (χ0n) is 7.36. The average molecular weight is 225 g/mol. The number of carboxylic acids is 1. The molecule has 0 fully saturated rings. The second-order valence-corrected chi connectivity index (χ2v) is 3.30. The van der Waals surface area contributed by atoms with E-state index in [1.54, 1.807) is 12.1 Å². The fourth-order valence-corrected chi connectivity index (χ4v) is 1.53. The minimum Gasteiger partial charge on any atom is -0.475 e. The van der Waals surface area contributed by atoms with E-state index in [2.05, 4.69) is 0 Å². The molecule has 0 aliphatic carbocycles. The van der Waals surface area contributed by atoms with E-state index in [9.17, 15) is 9.59 Å². The van der Waals surface area contributed by atoms with E-state index in [-0.39, 0.29) is 16.0 Å². The molecule has 0 atom stereocenters. The van der Waals surface area contributed by atoms with Crippen LogP contribution >= 0.6 is 11.6 Å². The van der Waals surface area contributed by atoms with Gasteiger partial charge < -0.3 is 9.52 Å².